The number of nitrogens with one attached hydrogen (secondary N) is 1. The van der Waals surface area contributed by atoms with Crippen molar-refractivity contribution < 1.29 is 4.74 Å². The minimum absolute atomic E-state index is 0.140. The van der Waals surface area contributed by atoms with E-state index in [1.54, 1.807) is 6.07 Å². The van der Waals surface area contributed by atoms with E-state index in [0.29, 0.717) is 29.9 Å². The first-order valence-electron chi connectivity index (χ1n) is 11.0. The van der Waals surface area contributed by atoms with Crippen LogP contribution < -0.4 is 11.0 Å². The number of rotatable bonds is 9. The standard InChI is InChI=1S/C28H27N3O2/c1-22(33-21-11-17-24-14-6-3-7-15-24)27-30-26-19-9-8-18-25(26)28(32)31(27)29-20-10-16-23-12-4-2-5-13-23/h2-19,22,29H,20-21H2,1H3/b16-10-,17-11+/t22-/m0/s1. The van der Waals surface area contributed by atoms with Crippen LogP contribution in [0.3, 0.4) is 0 Å². The van der Waals surface area contributed by atoms with Gasteiger partial charge in [0.15, 0.2) is 5.82 Å². The Morgan fingerprint density at radius 2 is 1.48 bits per heavy atom. The van der Waals surface area contributed by atoms with Crippen LogP contribution in [0.2, 0.25) is 0 Å². The Balaban J connectivity index is 1.52. The van der Waals surface area contributed by atoms with Gasteiger partial charge in [-0.1, -0.05) is 97.1 Å². The van der Waals surface area contributed by atoms with Gasteiger partial charge in [-0.05, 0) is 30.2 Å². The van der Waals surface area contributed by atoms with E-state index in [1.165, 1.54) is 4.68 Å². The third-order valence-electron chi connectivity index (χ3n) is 5.19. The average Bonchev–Trinajstić information content (AvgIpc) is 2.86. The van der Waals surface area contributed by atoms with Gasteiger partial charge in [-0.15, -0.1) is 0 Å². The second-order valence-electron chi connectivity index (χ2n) is 7.59. The fourth-order valence-corrected chi connectivity index (χ4v) is 3.50. The number of fused-ring (bicyclic) bond motifs is 1. The summed E-state index contributed by atoms with van der Waals surface area (Å²) >= 11 is 0. The summed E-state index contributed by atoms with van der Waals surface area (Å²) in [5, 5.41) is 0.567. The third kappa shape index (κ3) is 5.84. The van der Waals surface area contributed by atoms with E-state index in [1.807, 2.05) is 110 Å². The highest BCUT2D eigenvalue weighted by Crippen LogP contribution is 2.16. The highest BCUT2D eigenvalue weighted by Gasteiger charge is 2.16. The van der Waals surface area contributed by atoms with E-state index in [9.17, 15) is 4.79 Å². The minimum atomic E-state index is -0.381. The molecule has 0 amide bonds. The molecule has 0 radical (unpaired) electrons. The molecule has 1 heterocycles. The Morgan fingerprint density at radius 3 is 2.18 bits per heavy atom. The number of benzene rings is 3. The maximum absolute atomic E-state index is 13.2. The SMILES string of the molecule is C[C@H](OC/C=C/c1ccccc1)c1nc2ccccc2c(=O)n1NC/C=C\c1ccccc1. The summed E-state index contributed by atoms with van der Waals surface area (Å²) in [6.45, 7) is 2.79. The number of ether oxygens (including phenoxy) is 1. The molecule has 5 heteroatoms. The van der Waals surface area contributed by atoms with E-state index >= 15 is 0 Å². The maximum atomic E-state index is 13.2. The highest BCUT2D eigenvalue weighted by molar-refractivity contribution is 5.77. The van der Waals surface area contributed by atoms with Crippen molar-refractivity contribution in [2.45, 2.75) is 13.0 Å². The molecule has 1 atom stereocenters. The van der Waals surface area contributed by atoms with Crippen LogP contribution in [0.1, 0.15) is 30.0 Å². The summed E-state index contributed by atoms with van der Waals surface area (Å²) in [5.74, 6) is 0.542. The van der Waals surface area contributed by atoms with E-state index in [-0.39, 0.29) is 11.7 Å². The third-order valence-corrected chi connectivity index (χ3v) is 5.19. The fraction of sp³-hybridized carbons (Fsp3) is 0.143. The van der Waals surface area contributed by atoms with Crippen molar-refractivity contribution in [2.24, 2.45) is 0 Å². The molecule has 0 unspecified atom stereocenters. The second-order valence-corrected chi connectivity index (χ2v) is 7.59. The first-order valence-corrected chi connectivity index (χ1v) is 11.0. The minimum Gasteiger partial charge on any atom is -0.366 e. The molecule has 1 aromatic heterocycles. The van der Waals surface area contributed by atoms with Crippen molar-refractivity contribution in [1.82, 2.24) is 9.66 Å². The first-order chi connectivity index (χ1) is 16.2. The number of aromatic nitrogens is 2. The zero-order chi connectivity index (χ0) is 22.9. The first kappa shape index (κ1) is 22.2. The lowest BCUT2D eigenvalue weighted by Crippen LogP contribution is -2.34. The molecule has 3 aromatic carbocycles. The predicted molar refractivity (Wildman–Crippen MR) is 136 cm³/mol. The van der Waals surface area contributed by atoms with Crippen LogP contribution in [0.4, 0.5) is 0 Å². The number of hydrogen-bond acceptors (Lipinski definition) is 4. The predicted octanol–water partition coefficient (Wildman–Crippen LogP) is 5.44. The van der Waals surface area contributed by atoms with Gasteiger partial charge in [0.1, 0.15) is 6.10 Å². The molecule has 0 saturated heterocycles. The van der Waals surface area contributed by atoms with Gasteiger partial charge in [0.05, 0.1) is 17.5 Å². The molecule has 0 spiro atoms. The van der Waals surface area contributed by atoms with Gasteiger partial charge in [-0.2, -0.15) is 0 Å². The molecule has 0 aliphatic heterocycles. The summed E-state index contributed by atoms with van der Waals surface area (Å²) in [4.78, 5) is 17.9. The van der Waals surface area contributed by atoms with Crippen molar-refractivity contribution in [3.8, 4) is 0 Å². The number of nitrogens with zero attached hydrogens (tertiary/aromatic N) is 2. The zero-order valence-corrected chi connectivity index (χ0v) is 18.6. The number of para-hydroxylation sites is 1. The van der Waals surface area contributed by atoms with Crippen LogP contribution in [0, 0.1) is 0 Å². The molecule has 0 bridgehead atoms. The zero-order valence-electron chi connectivity index (χ0n) is 18.6. The van der Waals surface area contributed by atoms with Crippen LogP contribution in [0.15, 0.2) is 102 Å². The fourth-order valence-electron chi connectivity index (χ4n) is 3.50. The second kappa shape index (κ2) is 11.1. The van der Waals surface area contributed by atoms with E-state index in [2.05, 4.69) is 5.43 Å². The monoisotopic (exact) mass is 437 g/mol. The maximum Gasteiger partial charge on any atom is 0.280 e. The van der Waals surface area contributed by atoms with Crippen molar-refractivity contribution in [2.75, 3.05) is 18.6 Å². The van der Waals surface area contributed by atoms with Gasteiger partial charge in [-0.3, -0.25) is 4.79 Å². The Morgan fingerprint density at radius 1 is 0.879 bits per heavy atom. The summed E-state index contributed by atoms with van der Waals surface area (Å²) in [6, 6.07) is 27.5. The molecule has 4 aromatic rings. The lowest BCUT2D eigenvalue weighted by molar-refractivity contribution is 0.0796. The van der Waals surface area contributed by atoms with Crippen molar-refractivity contribution in [3.63, 3.8) is 0 Å². The average molecular weight is 438 g/mol. The quantitative estimate of drug-likeness (QED) is 0.379. The van der Waals surface area contributed by atoms with Crippen LogP contribution in [0.25, 0.3) is 23.1 Å². The van der Waals surface area contributed by atoms with Gasteiger partial charge >= 0.3 is 0 Å². The molecule has 0 fully saturated rings. The van der Waals surface area contributed by atoms with Gasteiger partial charge < -0.3 is 10.2 Å². The molecular formula is C28H27N3O2. The van der Waals surface area contributed by atoms with Crippen molar-refractivity contribution >= 4 is 23.1 Å². The van der Waals surface area contributed by atoms with Gasteiger partial charge in [0.25, 0.3) is 5.56 Å². The molecule has 166 valence electrons. The largest absolute Gasteiger partial charge is 0.366 e. The topological polar surface area (TPSA) is 56.1 Å². The Bertz CT molecular complexity index is 1300. The van der Waals surface area contributed by atoms with E-state index in [0.717, 1.165) is 11.1 Å². The van der Waals surface area contributed by atoms with E-state index < -0.39 is 0 Å². The van der Waals surface area contributed by atoms with Crippen LogP contribution >= 0.6 is 0 Å². The molecule has 0 saturated carbocycles. The van der Waals surface area contributed by atoms with Crippen LogP contribution in [-0.2, 0) is 4.74 Å². The van der Waals surface area contributed by atoms with Gasteiger partial charge in [-0.25, -0.2) is 9.66 Å². The van der Waals surface area contributed by atoms with Crippen molar-refractivity contribution in [3.05, 3.63) is 124 Å². The lowest BCUT2D eigenvalue weighted by atomic mass is 10.2. The molecule has 33 heavy (non-hydrogen) atoms. The summed E-state index contributed by atoms with van der Waals surface area (Å²) in [7, 11) is 0. The van der Waals surface area contributed by atoms with Crippen LogP contribution in [0.5, 0.6) is 0 Å². The Labute approximate surface area is 193 Å². The molecule has 1 N–H and O–H groups in total. The summed E-state index contributed by atoms with van der Waals surface area (Å²) in [6.07, 6.45) is 7.59. The van der Waals surface area contributed by atoms with E-state index in [4.69, 9.17) is 9.72 Å². The summed E-state index contributed by atoms with van der Waals surface area (Å²) < 4.78 is 7.51. The van der Waals surface area contributed by atoms with Crippen molar-refractivity contribution in [1.29, 1.82) is 0 Å². The van der Waals surface area contributed by atoms with Crippen LogP contribution in [-0.4, -0.2) is 22.8 Å². The smallest absolute Gasteiger partial charge is 0.280 e. The lowest BCUT2D eigenvalue weighted by Gasteiger charge is -2.19. The molecular weight excluding hydrogens is 410 g/mol. The molecule has 5 nitrogen and oxygen atoms in total. The summed E-state index contributed by atoms with van der Waals surface area (Å²) in [5.41, 5.74) is 5.93. The highest BCUT2D eigenvalue weighted by atomic mass is 16.5. The molecule has 4 rings (SSSR count). The van der Waals surface area contributed by atoms with Gasteiger partial charge in [0.2, 0.25) is 0 Å². The Hall–Kier alpha value is -3.96. The normalized spacial score (nSPS) is 12.5. The van der Waals surface area contributed by atoms with Gasteiger partial charge in [0, 0.05) is 6.54 Å². The Kier molecular flexibility index (Phi) is 7.46. The number of hydrogen-bond donors (Lipinski definition) is 1. The molecule has 0 aliphatic rings. The molecule has 0 aliphatic carbocycles.